The molecule has 116 valence electrons. The molecule has 2 rings (SSSR count). The van der Waals surface area contributed by atoms with Crippen LogP contribution in [-0.4, -0.2) is 24.5 Å². The Bertz CT molecular complexity index is 710. The zero-order valence-corrected chi connectivity index (χ0v) is 14.6. The fraction of sp³-hybridized carbons (Fsp3) is 0.154. The van der Waals surface area contributed by atoms with E-state index in [2.05, 4.69) is 31.3 Å². The number of rotatable bonds is 4. The van der Waals surface area contributed by atoms with Crippen molar-refractivity contribution in [2.24, 2.45) is 0 Å². The third kappa shape index (κ3) is 4.15. The SMILES string of the molecule is CCOC(=O)NC(=O)c1ccsc1NC(=O)c1ccc(Br)s1. The number of imide groups is 1. The summed E-state index contributed by atoms with van der Waals surface area (Å²) in [6.45, 7) is 1.80. The van der Waals surface area contributed by atoms with Gasteiger partial charge in [-0.2, -0.15) is 0 Å². The Balaban J connectivity index is 2.07. The van der Waals surface area contributed by atoms with E-state index in [1.807, 2.05) is 0 Å². The van der Waals surface area contributed by atoms with Crippen molar-refractivity contribution in [3.05, 3.63) is 37.8 Å². The monoisotopic (exact) mass is 402 g/mol. The average molecular weight is 403 g/mol. The molecule has 0 aliphatic carbocycles. The van der Waals surface area contributed by atoms with Gasteiger partial charge in [0.25, 0.3) is 11.8 Å². The van der Waals surface area contributed by atoms with Crippen LogP contribution in [0.2, 0.25) is 0 Å². The number of hydrogen-bond acceptors (Lipinski definition) is 6. The Morgan fingerprint density at radius 2 is 2.00 bits per heavy atom. The summed E-state index contributed by atoms with van der Waals surface area (Å²) in [5.74, 6) is -0.939. The van der Waals surface area contributed by atoms with Crippen LogP contribution in [0, 0.1) is 0 Å². The van der Waals surface area contributed by atoms with Crippen molar-refractivity contribution in [3.8, 4) is 0 Å². The molecular weight excluding hydrogens is 392 g/mol. The lowest BCUT2D eigenvalue weighted by Gasteiger charge is -2.06. The molecule has 2 heterocycles. The summed E-state index contributed by atoms with van der Waals surface area (Å²) in [6.07, 6.45) is -0.821. The minimum atomic E-state index is -0.821. The number of amides is 3. The largest absolute Gasteiger partial charge is 0.450 e. The highest BCUT2D eigenvalue weighted by Gasteiger charge is 2.18. The van der Waals surface area contributed by atoms with E-state index in [-0.39, 0.29) is 18.1 Å². The summed E-state index contributed by atoms with van der Waals surface area (Å²) in [7, 11) is 0. The molecule has 9 heteroatoms. The molecular formula is C13H11BrN2O4S2. The summed E-state index contributed by atoms with van der Waals surface area (Å²) in [4.78, 5) is 35.8. The molecule has 0 saturated heterocycles. The Kier molecular flexibility index (Phi) is 5.69. The second kappa shape index (κ2) is 7.52. The molecule has 0 bridgehead atoms. The van der Waals surface area contributed by atoms with Gasteiger partial charge in [-0.15, -0.1) is 22.7 Å². The summed E-state index contributed by atoms with van der Waals surface area (Å²) in [6, 6.07) is 4.97. The predicted molar refractivity (Wildman–Crippen MR) is 88.8 cm³/mol. The first-order chi connectivity index (χ1) is 10.5. The van der Waals surface area contributed by atoms with E-state index >= 15 is 0 Å². The normalized spacial score (nSPS) is 10.1. The number of hydrogen-bond donors (Lipinski definition) is 2. The van der Waals surface area contributed by atoms with E-state index in [1.165, 1.54) is 28.7 Å². The van der Waals surface area contributed by atoms with Crippen LogP contribution in [-0.2, 0) is 4.74 Å². The fourth-order valence-electron chi connectivity index (χ4n) is 1.51. The molecule has 2 aromatic rings. The van der Waals surface area contributed by atoms with Gasteiger partial charge in [0.1, 0.15) is 5.00 Å². The molecule has 3 amide bonds. The third-order valence-electron chi connectivity index (χ3n) is 2.42. The van der Waals surface area contributed by atoms with Gasteiger partial charge in [-0.25, -0.2) is 4.79 Å². The molecule has 6 nitrogen and oxygen atoms in total. The van der Waals surface area contributed by atoms with Crippen LogP contribution in [0.25, 0.3) is 0 Å². The van der Waals surface area contributed by atoms with Crippen LogP contribution < -0.4 is 10.6 Å². The number of anilines is 1. The van der Waals surface area contributed by atoms with Gasteiger partial charge in [-0.1, -0.05) is 0 Å². The predicted octanol–water partition coefficient (Wildman–Crippen LogP) is 3.71. The van der Waals surface area contributed by atoms with Crippen LogP contribution in [0.15, 0.2) is 27.4 Å². The molecule has 2 N–H and O–H groups in total. The lowest BCUT2D eigenvalue weighted by atomic mass is 10.3. The smallest absolute Gasteiger partial charge is 0.414 e. The molecule has 22 heavy (non-hydrogen) atoms. The van der Waals surface area contributed by atoms with Crippen molar-refractivity contribution in [1.82, 2.24) is 5.32 Å². The molecule has 0 unspecified atom stereocenters. The van der Waals surface area contributed by atoms with Gasteiger partial charge in [0, 0.05) is 0 Å². The van der Waals surface area contributed by atoms with Crippen LogP contribution >= 0.6 is 38.6 Å². The van der Waals surface area contributed by atoms with E-state index in [4.69, 9.17) is 0 Å². The average Bonchev–Trinajstić information content (AvgIpc) is 3.07. The second-order valence-corrected chi connectivity index (χ2v) is 7.28. The van der Waals surface area contributed by atoms with Crippen LogP contribution in [0.4, 0.5) is 9.80 Å². The number of ether oxygens (including phenoxy) is 1. The van der Waals surface area contributed by atoms with Crippen molar-refractivity contribution in [3.63, 3.8) is 0 Å². The number of halogens is 1. The molecule has 0 aliphatic rings. The maximum atomic E-state index is 12.1. The number of carbonyl (C=O) groups is 3. The van der Waals surface area contributed by atoms with Crippen LogP contribution in [0.5, 0.6) is 0 Å². The topological polar surface area (TPSA) is 84.5 Å². The quantitative estimate of drug-likeness (QED) is 0.815. The van der Waals surface area contributed by atoms with Crippen molar-refractivity contribution in [2.75, 3.05) is 11.9 Å². The zero-order valence-electron chi connectivity index (χ0n) is 11.3. The Hall–Kier alpha value is -1.71. The van der Waals surface area contributed by atoms with Gasteiger partial charge >= 0.3 is 6.09 Å². The van der Waals surface area contributed by atoms with Crippen LogP contribution in [0.1, 0.15) is 27.0 Å². The van der Waals surface area contributed by atoms with E-state index in [1.54, 1.807) is 24.4 Å². The van der Waals surface area contributed by atoms with E-state index < -0.39 is 12.0 Å². The molecule has 0 saturated carbocycles. The van der Waals surface area contributed by atoms with Crippen molar-refractivity contribution in [1.29, 1.82) is 0 Å². The Morgan fingerprint density at radius 3 is 2.64 bits per heavy atom. The maximum Gasteiger partial charge on any atom is 0.414 e. The lowest BCUT2D eigenvalue weighted by Crippen LogP contribution is -2.31. The van der Waals surface area contributed by atoms with Gasteiger partial charge in [-0.3, -0.25) is 14.9 Å². The van der Waals surface area contributed by atoms with Gasteiger partial charge in [0.15, 0.2) is 0 Å². The summed E-state index contributed by atoms with van der Waals surface area (Å²) < 4.78 is 5.48. The highest BCUT2D eigenvalue weighted by atomic mass is 79.9. The third-order valence-corrected chi connectivity index (χ3v) is 4.88. The molecule has 0 aliphatic heterocycles. The molecule has 2 aromatic heterocycles. The number of nitrogens with one attached hydrogen (secondary N) is 2. The molecule has 0 fully saturated rings. The van der Waals surface area contributed by atoms with E-state index in [0.29, 0.717) is 9.88 Å². The number of alkyl carbamates (subject to hydrolysis) is 1. The van der Waals surface area contributed by atoms with Gasteiger partial charge < -0.3 is 10.1 Å². The van der Waals surface area contributed by atoms with Gasteiger partial charge in [-0.05, 0) is 46.4 Å². The molecule has 0 spiro atoms. The first kappa shape index (κ1) is 16.7. The van der Waals surface area contributed by atoms with Crippen molar-refractivity contribution >= 4 is 61.5 Å². The van der Waals surface area contributed by atoms with E-state index in [0.717, 1.165) is 3.79 Å². The van der Waals surface area contributed by atoms with E-state index in [9.17, 15) is 14.4 Å². The van der Waals surface area contributed by atoms with Gasteiger partial charge in [0.2, 0.25) is 0 Å². The fourth-order valence-corrected chi connectivity index (χ4v) is 3.57. The highest BCUT2D eigenvalue weighted by molar-refractivity contribution is 9.11. The van der Waals surface area contributed by atoms with Gasteiger partial charge in [0.05, 0.1) is 20.8 Å². The zero-order chi connectivity index (χ0) is 16.1. The standard InChI is InChI=1S/C13H11BrN2O4S2/c1-2-20-13(19)16-10(17)7-5-6-21-12(7)15-11(18)8-3-4-9(14)22-8/h3-6H,2H2,1H3,(H,15,18)(H,16,17,19). The highest BCUT2D eigenvalue weighted by Crippen LogP contribution is 2.26. The van der Waals surface area contributed by atoms with Crippen LogP contribution in [0.3, 0.4) is 0 Å². The first-order valence-corrected chi connectivity index (χ1v) is 8.62. The minimum absolute atomic E-state index is 0.166. The Morgan fingerprint density at radius 1 is 1.23 bits per heavy atom. The number of carbonyl (C=O) groups excluding carboxylic acids is 3. The van der Waals surface area contributed by atoms with Crippen molar-refractivity contribution < 1.29 is 19.1 Å². The first-order valence-electron chi connectivity index (χ1n) is 6.13. The summed E-state index contributed by atoms with van der Waals surface area (Å²) in [5, 5.41) is 6.78. The lowest BCUT2D eigenvalue weighted by molar-refractivity contribution is 0.0926. The number of thiophene rings is 2. The summed E-state index contributed by atoms with van der Waals surface area (Å²) >= 11 is 5.76. The molecule has 0 aromatic carbocycles. The minimum Gasteiger partial charge on any atom is -0.450 e. The molecule has 0 atom stereocenters. The maximum absolute atomic E-state index is 12.1. The molecule has 0 radical (unpaired) electrons. The Labute approximate surface area is 142 Å². The van der Waals surface area contributed by atoms with Crippen molar-refractivity contribution in [2.45, 2.75) is 6.92 Å². The summed E-state index contributed by atoms with van der Waals surface area (Å²) in [5.41, 5.74) is 0.210. The second-order valence-electron chi connectivity index (χ2n) is 3.90.